The predicted molar refractivity (Wildman–Crippen MR) is 107 cm³/mol. The average molecular weight is 378 g/mol. The van der Waals surface area contributed by atoms with Crippen LogP contribution in [0.5, 0.6) is 0 Å². The van der Waals surface area contributed by atoms with E-state index in [9.17, 15) is 9.90 Å². The Morgan fingerprint density at radius 3 is 1.58 bits per heavy atom. The maximum absolute atomic E-state index is 10.8. The Labute approximate surface area is 186 Å². The van der Waals surface area contributed by atoms with E-state index >= 15 is 0 Å². The average Bonchev–Trinajstić information content (AvgIpc) is 2.60. The predicted octanol–water partition coefficient (Wildman–Crippen LogP) is 2.32. The van der Waals surface area contributed by atoms with Crippen LogP contribution in [-0.2, 0) is 4.79 Å². The summed E-state index contributed by atoms with van der Waals surface area (Å²) in [4.78, 5) is 13.4. The number of carboxylic acid groups (broad SMARTS) is 1. The molecule has 0 aromatic rings. The van der Waals surface area contributed by atoms with Crippen molar-refractivity contribution >= 4 is 5.97 Å². The first kappa shape index (κ1) is 28.6. The molecule has 0 saturated heterocycles. The molecule has 0 aromatic heterocycles. The topological polar surface area (TPSA) is 43.4 Å². The standard InChI is InChI=1S/C22H45NO2.Na/c1-4-7-9-11-13-15-19-23(20-16-14-12-10-8-5-2)21(6-3)17-18-22(24)25;/h21H,4-20H2,1-3H3,(H,24,25);/q;+1/p-1. The molecule has 0 fully saturated rings. The van der Waals surface area contributed by atoms with E-state index in [2.05, 4.69) is 25.7 Å². The SMILES string of the molecule is CCCCCCCCN(CCCCCCCC)C(CC)CCC(=O)[O-].[Na+]. The maximum Gasteiger partial charge on any atom is 1.00 e. The number of unbranched alkanes of at least 4 members (excludes halogenated alkanes) is 10. The Balaban J connectivity index is 0. The van der Waals surface area contributed by atoms with Crippen LogP contribution in [0.2, 0.25) is 0 Å². The summed E-state index contributed by atoms with van der Waals surface area (Å²) in [5.74, 6) is -0.905. The number of carbonyl (C=O) groups excluding carboxylic acids is 1. The minimum absolute atomic E-state index is 0. The van der Waals surface area contributed by atoms with Crippen molar-refractivity contribution in [2.75, 3.05) is 13.1 Å². The van der Waals surface area contributed by atoms with Gasteiger partial charge in [-0.25, -0.2) is 0 Å². The third-order valence-electron chi connectivity index (χ3n) is 5.27. The van der Waals surface area contributed by atoms with Crippen molar-refractivity contribution in [2.45, 2.75) is 123 Å². The van der Waals surface area contributed by atoms with Gasteiger partial charge in [-0.15, -0.1) is 0 Å². The summed E-state index contributed by atoms with van der Waals surface area (Å²) in [6, 6.07) is 0.407. The number of rotatable bonds is 19. The van der Waals surface area contributed by atoms with E-state index in [0.717, 1.165) is 25.9 Å². The Morgan fingerprint density at radius 1 is 0.769 bits per heavy atom. The molecule has 1 unspecified atom stereocenters. The first-order valence-electron chi connectivity index (χ1n) is 11.1. The van der Waals surface area contributed by atoms with E-state index in [-0.39, 0.29) is 36.0 Å². The van der Waals surface area contributed by atoms with E-state index in [4.69, 9.17) is 0 Å². The number of nitrogens with zero attached hydrogens (tertiary/aromatic N) is 1. The van der Waals surface area contributed by atoms with Crippen molar-refractivity contribution in [3.63, 3.8) is 0 Å². The van der Waals surface area contributed by atoms with Crippen molar-refractivity contribution in [3.8, 4) is 0 Å². The summed E-state index contributed by atoms with van der Waals surface area (Å²) in [5.41, 5.74) is 0. The van der Waals surface area contributed by atoms with Crippen molar-refractivity contribution in [2.24, 2.45) is 0 Å². The van der Waals surface area contributed by atoms with E-state index in [0.29, 0.717) is 6.04 Å². The Bertz CT molecular complexity index is 284. The second-order valence-corrected chi connectivity index (χ2v) is 7.54. The van der Waals surface area contributed by atoms with Crippen LogP contribution < -0.4 is 34.7 Å². The number of carboxylic acids is 1. The van der Waals surface area contributed by atoms with Crippen LogP contribution in [0.4, 0.5) is 0 Å². The molecule has 0 aliphatic rings. The summed E-state index contributed by atoms with van der Waals surface area (Å²) < 4.78 is 0. The smallest absolute Gasteiger partial charge is 0.550 e. The molecule has 0 spiro atoms. The van der Waals surface area contributed by atoms with Crippen molar-refractivity contribution in [1.82, 2.24) is 4.90 Å². The zero-order valence-corrected chi connectivity index (χ0v) is 20.4. The third-order valence-corrected chi connectivity index (χ3v) is 5.27. The number of hydrogen-bond acceptors (Lipinski definition) is 3. The fourth-order valence-electron chi connectivity index (χ4n) is 3.60. The molecule has 0 saturated carbocycles. The molecule has 0 N–H and O–H groups in total. The van der Waals surface area contributed by atoms with Crippen LogP contribution >= 0.6 is 0 Å². The molecule has 150 valence electrons. The van der Waals surface area contributed by atoms with Crippen LogP contribution in [0, 0.1) is 0 Å². The summed E-state index contributed by atoms with van der Waals surface area (Å²) >= 11 is 0. The Morgan fingerprint density at radius 2 is 1.19 bits per heavy atom. The summed E-state index contributed by atoms with van der Waals surface area (Å²) in [7, 11) is 0. The van der Waals surface area contributed by atoms with Crippen LogP contribution in [0.15, 0.2) is 0 Å². The summed E-state index contributed by atoms with van der Waals surface area (Å²) in [5, 5.41) is 10.8. The van der Waals surface area contributed by atoms with Crippen LogP contribution in [0.25, 0.3) is 0 Å². The van der Waals surface area contributed by atoms with Crippen molar-refractivity contribution < 1.29 is 39.5 Å². The van der Waals surface area contributed by atoms with E-state index in [1.54, 1.807) is 0 Å². The van der Waals surface area contributed by atoms with E-state index in [1.165, 1.54) is 77.0 Å². The van der Waals surface area contributed by atoms with Crippen molar-refractivity contribution in [3.05, 3.63) is 0 Å². The van der Waals surface area contributed by atoms with Gasteiger partial charge in [0.2, 0.25) is 0 Å². The first-order chi connectivity index (χ1) is 12.2. The monoisotopic (exact) mass is 377 g/mol. The summed E-state index contributed by atoms with van der Waals surface area (Å²) in [6.45, 7) is 8.96. The molecule has 0 bridgehead atoms. The van der Waals surface area contributed by atoms with Gasteiger partial charge in [-0.2, -0.15) is 0 Å². The number of aliphatic carboxylic acids is 1. The third kappa shape index (κ3) is 17.8. The second kappa shape index (κ2) is 21.7. The van der Waals surface area contributed by atoms with Crippen LogP contribution in [0.1, 0.15) is 117 Å². The maximum atomic E-state index is 10.8. The quantitative estimate of drug-likeness (QED) is 0.256. The minimum Gasteiger partial charge on any atom is -0.550 e. The van der Waals surface area contributed by atoms with Gasteiger partial charge in [0, 0.05) is 12.0 Å². The zero-order chi connectivity index (χ0) is 18.8. The molecule has 3 nitrogen and oxygen atoms in total. The molecule has 0 aliphatic heterocycles. The Kier molecular flexibility index (Phi) is 23.9. The molecule has 1 atom stereocenters. The molecule has 0 rings (SSSR count). The van der Waals surface area contributed by atoms with Gasteiger partial charge in [0.25, 0.3) is 0 Å². The molecular formula is C22H44NNaO2. The summed E-state index contributed by atoms with van der Waals surface area (Å²) in [6.07, 6.45) is 17.8. The largest absolute Gasteiger partial charge is 1.00 e. The normalized spacial score (nSPS) is 12.2. The minimum atomic E-state index is -0.905. The molecule has 0 aliphatic carbocycles. The van der Waals surface area contributed by atoms with Crippen LogP contribution in [0.3, 0.4) is 0 Å². The fourth-order valence-corrected chi connectivity index (χ4v) is 3.60. The fraction of sp³-hybridized carbons (Fsp3) is 0.955. The first-order valence-corrected chi connectivity index (χ1v) is 11.1. The Hall–Kier alpha value is 0.430. The molecule has 0 heterocycles. The molecule has 0 aromatic carbocycles. The molecular weight excluding hydrogens is 333 g/mol. The molecule has 0 amide bonds. The van der Waals surface area contributed by atoms with Gasteiger partial charge in [0.1, 0.15) is 0 Å². The van der Waals surface area contributed by atoms with Gasteiger partial charge >= 0.3 is 29.6 Å². The van der Waals surface area contributed by atoms with Gasteiger partial charge in [-0.3, -0.25) is 0 Å². The van der Waals surface area contributed by atoms with Gasteiger partial charge < -0.3 is 14.8 Å². The number of carbonyl (C=O) groups is 1. The van der Waals surface area contributed by atoms with Gasteiger partial charge in [-0.05, 0) is 45.2 Å². The van der Waals surface area contributed by atoms with Gasteiger partial charge in [0.05, 0.1) is 0 Å². The number of hydrogen-bond donors (Lipinski definition) is 0. The molecule has 26 heavy (non-hydrogen) atoms. The van der Waals surface area contributed by atoms with E-state index in [1.807, 2.05) is 0 Å². The molecule has 0 radical (unpaired) electrons. The van der Waals surface area contributed by atoms with Gasteiger partial charge in [0.15, 0.2) is 0 Å². The van der Waals surface area contributed by atoms with Crippen molar-refractivity contribution in [1.29, 1.82) is 0 Å². The van der Waals surface area contributed by atoms with E-state index < -0.39 is 5.97 Å². The molecule has 4 heteroatoms. The second-order valence-electron chi connectivity index (χ2n) is 7.54. The van der Waals surface area contributed by atoms with Gasteiger partial charge in [-0.1, -0.05) is 85.0 Å². The van der Waals surface area contributed by atoms with Crippen LogP contribution in [-0.4, -0.2) is 30.0 Å². The zero-order valence-electron chi connectivity index (χ0n) is 18.4.